The molecule has 1 saturated heterocycles. The second-order valence-corrected chi connectivity index (χ2v) is 16.7. The summed E-state index contributed by atoms with van der Waals surface area (Å²) in [6, 6.07) is 13.1. The summed E-state index contributed by atoms with van der Waals surface area (Å²) >= 11 is 0. The predicted octanol–water partition coefficient (Wildman–Crippen LogP) is 5.92. The van der Waals surface area contributed by atoms with Gasteiger partial charge in [0.15, 0.2) is 8.32 Å². The van der Waals surface area contributed by atoms with Gasteiger partial charge in [-0.1, -0.05) is 52.0 Å². The summed E-state index contributed by atoms with van der Waals surface area (Å²) < 4.78 is 14.5. The van der Waals surface area contributed by atoms with Crippen molar-refractivity contribution in [3.8, 4) is 23.5 Å². The first kappa shape index (κ1) is 25.8. The number of aliphatic hydroxyl groups excluding tert-OH is 1. The molecule has 0 amide bonds. The smallest absolute Gasteiger partial charge is 0.205 e. The van der Waals surface area contributed by atoms with Crippen LogP contribution in [0, 0.1) is 11.3 Å². The summed E-state index contributed by atoms with van der Waals surface area (Å²) in [5.41, 5.74) is -0.0199. The SMILES string of the molecule is CC[C@@]12O[C@@](CCO[Si](C)(C)C(C)(C)C)(C[C@H]1O)c1c2c(O)n(-c2ccc(C#N)c3ccccc23)c1O. The minimum absolute atomic E-state index is 0.0507. The number of fused-ring (bicyclic) bond motifs is 6. The lowest BCUT2D eigenvalue weighted by molar-refractivity contribution is -0.120. The van der Waals surface area contributed by atoms with E-state index in [1.54, 1.807) is 12.1 Å². The van der Waals surface area contributed by atoms with E-state index < -0.39 is 25.6 Å². The Morgan fingerprint density at radius 1 is 1.11 bits per heavy atom. The van der Waals surface area contributed by atoms with Gasteiger partial charge >= 0.3 is 0 Å². The first-order valence-electron chi connectivity index (χ1n) is 13.0. The summed E-state index contributed by atoms with van der Waals surface area (Å²) in [4.78, 5) is 0. The van der Waals surface area contributed by atoms with E-state index in [-0.39, 0.29) is 16.8 Å². The third-order valence-electron chi connectivity index (χ3n) is 9.00. The number of nitriles is 1. The van der Waals surface area contributed by atoms with Gasteiger partial charge in [0.2, 0.25) is 11.8 Å². The number of benzene rings is 2. The maximum atomic E-state index is 11.7. The maximum absolute atomic E-state index is 11.7. The Hall–Kier alpha value is -2.83. The van der Waals surface area contributed by atoms with Crippen LogP contribution in [0.4, 0.5) is 0 Å². The van der Waals surface area contributed by atoms with Gasteiger partial charge in [0, 0.05) is 30.2 Å². The number of aromatic nitrogens is 1. The monoisotopic (exact) mass is 520 g/mol. The minimum atomic E-state index is -2.02. The highest BCUT2D eigenvalue weighted by Crippen LogP contribution is 2.66. The lowest BCUT2D eigenvalue weighted by atomic mass is 9.74. The zero-order valence-corrected chi connectivity index (χ0v) is 23.4. The molecule has 8 heteroatoms. The molecule has 7 nitrogen and oxygen atoms in total. The van der Waals surface area contributed by atoms with Crippen molar-refractivity contribution in [1.29, 1.82) is 5.26 Å². The van der Waals surface area contributed by atoms with Gasteiger partial charge < -0.3 is 24.5 Å². The Labute approximate surface area is 219 Å². The standard InChI is InChI=1S/C29H36N2O5Si/c1-7-29-22(32)16-28(36-29,14-15-35-37(5,6)27(2,3)4)23-24(29)26(34)31(25(23)33)21-13-12-18(17-30)19-10-8-9-11-20(19)21/h8-13,22,32-34H,7,14-16H2,1-6H3/t22-,28+,29-/m1/s1. The number of aromatic hydroxyl groups is 2. The molecule has 5 rings (SSSR count). The average molecular weight is 521 g/mol. The van der Waals surface area contributed by atoms with E-state index in [1.165, 1.54) is 4.57 Å². The number of hydrogen-bond acceptors (Lipinski definition) is 6. The molecule has 3 aromatic rings. The van der Waals surface area contributed by atoms with Gasteiger partial charge in [-0.25, -0.2) is 0 Å². The zero-order valence-electron chi connectivity index (χ0n) is 22.4. The van der Waals surface area contributed by atoms with Gasteiger partial charge in [-0.3, -0.25) is 4.57 Å². The van der Waals surface area contributed by atoms with Crippen LogP contribution in [0.5, 0.6) is 11.8 Å². The molecule has 2 aliphatic rings. The van der Waals surface area contributed by atoms with E-state index in [0.717, 1.165) is 10.8 Å². The van der Waals surface area contributed by atoms with Crippen LogP contribution >= 0.6 is 0 Å². The van der Waals surface area contributed by atoms with Crippen molar-refractivity contribution < 1.29 is 24.5 Å². The summed E-state index contributed by atoms with van der Waals surface area (Å²) in [7, 11) is -2.02. The first-order chi connectivity index (χ1) is 17.3. The fourth-order valence-corrected chi connectivity index (χ4v) is 6.99. The van der Waals surface area contributed by atoms with E-state index in [9.17, 15) is 20.6 Å². The predicted molar refractivity (Wildman–Crippen MR) is 144 cm³/mol. The van der Waals surface area contributed by atoms with Crippen LogP contribution in [0.25, 0.3) is 16.5 Å². The molecule has 0 radical (unpaired) electrons. The maximum Gasteiger partial charge on any atom is 0.205 e. The molecule has 2 aliphatic heterocycles. The van der Waals surface area contributed by atoms with Gasteiger partial charge in [0.1, 0.15) is 11.2 Å². The number of ether oxygens (including phenoxy) is 1. The molecule has 37 heavy (non-hydrogen) atoms. The van der Waals surface area contributed by atoms with E-state index >= 15 is 0 Å². The second-order valence-electron chi connectivity index (χ2n) is 11.9. The summed E-state index contributed by atoms with van der Waals surface area (Å²) in [6.07, 6.45) is 0.393. The van der Waals surface area contributed by atoms with E-state index in [1.807, 2.05) is 31.2 Å². The average Bonchev–Trinajstić information content (AvgIpc) is 3.40. The van der Waals surface area contributed by atoms with Crippen LogP contribution < -0.4 is 0 Å². The Bertz CT molecular complexity index is 1430. The molecule has 0 saturated carbocycles. The van der Waals surface area contributed by atoms with Gasteiger partial charge in [0.05, 0.1) is 34.6 Å². The lowest BCUT2D eigenvalue weighted by Gasteiger charge is -2.37. The number of hydrogen-bond donors (Lipinski definition) is 3. The molecule has 1 aromatic heterocycles. The topological polar surface area (TPSA) is 108 Å². The molecule has 3 N–H and O–H groups in total. The number of aliphatic hydroxyl groups is 1. The van der Waals surface area contributed by atoms with Crippen LogP contribution in [-0.4, -0.2) is 40.9 Å². The Morgan fingerprint density at radius 2 is 1.76 bits per heavy atom. The molecule has 3 heterocycles. The molecular formula is C29H36N2O5Si. The minimum Gasteiger partial charge on any atom is -0.494 e. The molecule has 2 bridgehead atoms. The molecule has 2 aromatic carbocycles. The van der Waals surface area contributed by atoms with Gasteiger partial charge in [-0.15, -0.1) is 0 Å². The normalized spacial score (nSPS) is 25.0. The highest BCUT2D eigenvalue weighted by molar-refractivity contribution is 6.74. The van der Waals surface area contributed by atoms with Crippen LogP contribution in [0.1, 0.15) is 63.6 Å². The van der Waals surface area contributed by atoms with Gasteiger partial charge in [-0.2, -0.15) is 5.26 Å². The summed E-state index contributed by atoms with van der Waals surface area (Å²) in [5, 5.41) is 45.6. The molecular weight excluding hydrogens is 484 g/mol. The summed E-state index contributed by atoms with van der Waals surface area (Å²) in [5.74, 6) is -0.243. The van der Waals surface area contributed by atoms with Crippen molar-refractivity contribution in [2.75, 3.05) is 6.61 Å². The van der Waals surface area contributed by atoms with E-state index in [4.69, 9.17) is 9.16 Å². The van der Waals surface area contributed by atoms with Crippen molar-refractivity contribution in [1.82, 2.24) is 4.57 Å². The molecule has 0 aliphatic carbocycles. The van der Waals surface area contributed by atoms with E-state index in [0.29, 0.717) is 48.2 Å². The Balaban J connectivity index is 1.65. The molecule has 1 fully saturated rings. The highest BCUT2D eigenvalue weighted by atomic mass is 28.4. The Morgan fingerprint density at radius 3 is 2.38 bits per heavy atom. The fourth-order valence-electron chi connectivity index (χ4n) is 5.94. The van der Waals surface area contributed by atoms with Crippen LogP contribution in [-0.2, 0) is 20.4 Å². The van der Waals surface area contributed by atoms with E-state index in [2.05, 4.69) is 39.9 Å². The van der Waals surface area contributed by atoms with Crippen LogP contribution in [0.15, 0.2) is 36.4 Å². The van der Waals surface area contributed by atoms with Gasteiger partial charge in [0.25, 0.3) is 0 Å². The van der Waals surface area contributed by atoms with Gasteiger partial charge in [-0.05, 0) is 36.7 Å². The zero-order chi connectivity index (χ0) is 27.0. The molecule has 196 valence electrons. The van der Waals surface area contributed by atoms with Crippen molar-refractivity contribution in [3.63, 3.8) is 0 Å². The van der Waals surface area contributed by atoms with Crippen LogP contribution in [0.2, 0.25) is 18.1 Å². The third-order valence-corrected chi connectivity index (χ3v) is 13.5. The lowest BCUT2D eigenvalue weighted by Crippen LogP contribution is -2.42. The number of nitrogens with zero attached hydrogens (tertiary/aromatic N) is 2. The number of rotatable bonds is 6. The van der Waals surface area contributed by atoms with Crippen molar-refractivity contribution in [2.24, 2.45) is 0 Å². The molecule has 3 atom stereocenters. The van der Waals surface area contributed by atoms with Crippen molar-refractivity contribution in [3.05, 3.63) is 53.1 Å². The quantitative estimate of drug-likeness (QED) is 0.348. The first-order valence-corrected chi connectivity index (χ1v) is 15.9. The second kappa shape index (κ2) is 8.33. The molecule has 0 unspecified atom stereocenters. The van der Waals surface area contributed by atoms with Crippen molar-refractivity contribution in [2.45, 2.75) is 82.4 Å². The van der Waals surface area contributed by atoms with Crippen molar-refractivity contribution >= 4 is 19.1 Å². The third kappa shape index (κ3) is 3.48. The van der Waals surface area contributed by atoms with Crippen LogP contribution in [0.3, 0.4) is 0 Å². The molecule has 0 spiro atoms. The highest BCUT2D eigenvalue weighted by Gasteiger charge is 2.67. The fraction of sp³-hybridized carbons (Fsp3) is 0.483. The Kier molecular flexibility index (Phi) is 5.81. The largest absolute Gasteiger partial charge is 0.494 e. The summed E-state index contributed by atoms with van der Waals surface area (Å²) in [6.45, 7) is 13.3.